The number of anilines is 3. The number of nitrogens with zero attached hydrogens (tertiary/aromatic N) is 1. The highest BCUT2D eigenvalue weighted by molar-refractivity contribution is 6.12. The molecule has 246 valence electrons. The van der Waals surface area contributed by atoms with Gasteiger partial charge in [0.1, 0.15) is 11.2 Å². The molecule has 0 fully saturated rings. The number of rotatable bonds is 5. The van der Waals surface area contributed by atoms with Crippen molar-refractivity contribution in [2.24, 2.45) is 0 Å². The molecule has 1 spiro atoms. The Morgan fingerprint density at radius 2 is 0.887 bits per heavy atom. The van der Waals surface area contributed by atoms with Crippen LogP contribution in [0.4, 0.5) is 17.1 Å². The van der Waals surface area contributed by atoms with E-state index in [1.54, 1.807) is 0 Å². The first-order valence-electron chi connectivity index (χ1n) is 18.3. The largest absolute Gasteiger partial charge is 0.456 e. The third-order valence-corrected chi connectivity index (χ3v) is 11.8. The Bertz CT molecular complexity index is 3060. The number of para-hydroxylation sites is 1. The maximum Gasteiger partial charge on any atom is 0.135 e. The van der Waals surface area contributed by atoms with Gasteiger partial charge in [0, 0.05) is 27.8 Å². The molecule has 0 unspecified atom stereocenters. The molecule has 2 aliphatic carbocycles. The van der Waals surface area contributed by atoms with Crippen LogP contribution in [0.5, 0.6) is 0 Å². The summed E-state index contributed by atoms with van der Waals surface area (Å²) in [5.74, 6) is 0. The second-order valence-electron chi connectivity index (χ2n) is 14.5. The average molecular weight is 674 g/mol. The minimum atomic E-state index is -0.191. The van der Waals surface area contributed by atoms with Crippen LogP contribution in [0.25, 0.3) is 65.7 Å². The van der Waals surface area contributed by atoms with Crippen LogP contribution in [0.15, 0.2) is 192 Å². The van der Waals surface area contributed by atoms with Crippen molar-refractivity contribution in [3.8, 4) is 22.3 Å². The fourth-order valence-electron chi connectivity index (χ4n) is 9.45. The molecule has 9 aromatic carbocycles. The van der Waals surface area contributed by atoms with Crippen LogP contribution in [0, 0.1) is 0 Å². The lowest BCUT2D eigenvalue weighted by atomic mass is 9.49. The normalized spacial score (nSPS) is 13.4. The van der Waals surface area contributed by atoms with Crippen molar-refractivity contribution in [3.63, 3.8) is 0 Å². The minimum Gasteiger partial charge on any atom is -0.456 e. The molecule has 1 aromatic heterocycles. The molecule has 0 saturated carbocycles. The molecule has 2 nitrogen and oxygen atoms in total. The van der Waals surface area contributed by atoms with E-state index in [2.05, 4.69) is 181 Å². The minimum absolute atomic E-state index is 0.191. The molecular formula is C51H31NO. The molecule has 12 rings (SSSR count). The van der Waals surface area contributed by atoms with Crippen molar-refractivity contribution in [1.82, 2.24) is 0 Å². The van der Waals surface area contributed by atoms with Gasteiger partial charge in [0.2, 0.25) is 0 Å². The Balaban J connectivity index is 1.01. The molecule has 2 aliphatic rings. The molecule has 0 atom stereocenters. The summed E-state index contributed by atoms with van der Waals surface area (Å²) in [6.07, 6.45) is 0. The van der Waals surface area contributed by atoms with Gasteiger partial charge >= 0.3 is 0 Å². The van der Waals surface area contributed by atoms with Crippen LogP contribution >= 0.6 is 0 Å². The number of furan rings is 1. The summed E-state index contributed by atoms with van der Waals surface area (Å²) in [6.45, 7) is 0. The van der Waals surface area contributed by atoms with Crippen LogP contribution < -0.4 is 4.90 Å². The molecule has 0 radical (unpaired) electrons. The van der Waals surface area contributed by atoms with Crippen molar-refractivity contribution >= 4 is 60.5 Å². The Labute approximate surface area is 306 Å². The van der Waals surface area contributed by atoms with Gasteiger partial charge in [-0.1, -0.05) is 133 Å². The number of benzene rings is 9. The van der Waals surface area contributed by atoms with Crippen molar-refractivity contribution < 1.29 is 4.42 Å². The summed E-state index contributed by atoms with van der Waals surface area (Å²) in [7, 11) is 0. The van der Waals surface area contributed by atoms with E-state index in [1.807, 2.05) is 12.1 Å². The van der Waals surface area contributed by atoms with Gasteiger partial charge in [-0.3, -0.25) is 0 Å². The zero-order valence-corrected chi connectivity index (χ0v) is 28.8. The van der Waals surface area contributed by atoms with Crippen LogP contribution in [0.3, 0.4) is 0 Å². The number of hydrogen-bond donors (Lipinski definition) is 0. The van der Waals surface area contributed by atoms with Crippen molar-refractivity contribution in [1.29, 1.82) is 0 Å². The summed E-state index contributed by atoms with van der Waals surface area (Å²) < 4.78 is 6.13. The predicted octanol–water partition coefficient (Wildman–Crippen LogP) is 13.7. The molecule has 2 heteroatoms. The molecule has 0 saturated heterocycles. The highest BCUT2D eigenvalue weighted by Gasteiger charge is 2.54. The maximum absolute atomic E-state index is 6.13. The third-order valence-electron chi connectivity index (χ3n) is 11.8. The molecule has 1 heterocycles. The van der Waals surface area contributed by atoms with Crippen molar-refractivity contribution in [3.05, 3.63) is 210 Å². The van der Waals surface area contributed by atoms with Gasteiger partial charge in [-0.25, -0.2) is 0 Å². The second kappa shape index (κ2) is 10.6. The molecule has 53 heavy (non-hydrogen) atoms. The van der Waals surface area contributed by atoms with Gasteiger partial charge in [0.15, 0.2) is 0 Å². The van der Waals surface area contributed by atoms with Crippen LogP contribution in [0.2, 0.25) is 0 Å². The van der Waals surface area contributed by atoms with E-state index in [1.165, 1.54) is 66.1 Å². The lowest BCUT2D eigenvalue weighted by molar-refractivity contribution is 0.669. The monoisotopic (exact) mass is 673 g/mol. The number of fused-ring (bicyclic) bond motifs is 7. The second-order valence-corrected chi connectivity index (χ2v) is 14.5. The van der Waals surface area contributed by atoms with E-state index in [9.17, 15) is 0 Å². The first-order valence-corrected chi connectivity index (χ1v) is 18.3. The molecule has 0 bridgehead atoms. The van der Waals surface area contributed by atoms with E-state index < -0.39 is 0 Å². The lowest BCUT2D eigenvalue weighted by Gasteiger charge is -2.52. The van der Waals surface area contributed by atoms with Crippen molar-refractivity contribution in [2.45, 2.75) is 5.41 Å². The fourth-order valence-corrected chi connectivity index (χ4v) is 9.45. The first kappa shape index (κ1) is 28.8. The highest BCUT2D eigenvalue weighted by atomic mass is 16.3. The summed E-state index contributed by atoms with van der Waals surface area (Å²) in [4.78, 5) is 2.42. The Kier molecular flexibility index (Phi) is 5.73. The maximum atomic E-state index is 6.13. The van der Waals surface area contributed by atoms with E-state index in [-0.39, 0.29) is 5.41 Å². The fraction of sp³-hybridized carbons (Fsp3) is 0.0196. The highest BCUT2D eigenvalue weighted by Crippen LogP contribution is 2.65. The van der Waals surface area contributed by atoms with Gasteiger partial charge in [-0.15, -0.1) is 0 Å². The van der Waals surface area contributed by atoms with Gasteiger partial charge in [0.05, 0.1) is 5.41 Å². The Morgan fingerprint density at radius 1 is 0.340 bits per heavy atom. The molecular weight excluding hydrogens is 643 g/mol. The molecule has 0 amide bonds. The molecule has 10 aromatic rings. The van der Waals surface area contributed by atoms with Crippen LogP contribution in [-0.4, -0.2) is 0 Å². The van der Waals surface area contributed by atoms with E-state index >= 15 is 0 Å². The summed E-state index contributed by atoms with van der Waals surface area (Å²) in [5.41, 5.74) is 15.5. The molecule has 0 aliphatic heterocycles. The Hall–Kier alpha value is -6.90. The summed E-state index contributed by atoms with van der Waals surface area (Å²) in [6, 6.07) is 68.7. The van der Waals surface area contributed by atoms with Crippen molar-refractivity contribution in [2.75, 3.05) is 4.90 Å². The standard InChI is InChI=1S/C51H31NO/c1-2-9-32(10-3-1)33-19-24-38(25-20-33)52(39-26-21-34(22-27-39)36-23-28-48-42(30-36)41-14-4-5-18-47(41)53-48)40-29-37-13-8-17-45-50(37)46(31-40)51(45)43-15-6-11-35-12-7-16-44(51)49(35)43/h1-31H. The van der Waals surface area contributed by atoms with E-state index in [0.717, 1.165) is 39.0 Å². The van der Waals surface area contributed by atoms with E-state index in [4.69, 9.17) is 4.42 Å². The SMILES string of the molecule is c1ccc(-c2ccc(N(c3ccc(-c4ccc5oc6ccccc6c5c4)cc3)c3cc4c5c(cccc5c3)C43c4cccc5cccc3c45)cc2)cc1. The van der Waals surface area contributed by atoms with Gasteiger partial charge in [-0.05, 0) is 121 Å². The molecule has 0 N–H and O–H groups in total. The summed E-state index contributed by atoms with van der Waals surface area (Å²) in [5, 5.41) is 7.68. The third kappa shape index (κ3) is 3.87. The predicted molar refractivity (Wildman–Crippen MR) is 220 cm³/mol. The quantitative estimate of drug-likeness (QED) is 0.181. The van der Waals surface area contributed by atoms with E-state index in [0.29, 0.717) is 0 Å². The topological polar surface area (TPSA) is 16.4 Å². The Morgan fingerprint density at radius 3 is 1.58 bits per heavy atom. The zero-order valence-electron chi connectivity index (χ0n) is 28.8. The summed E-state index contributed by atoms with van der Waals surface area (Å²) >= 11 is 0. The average Bonchev–Trinajstić information content (AvgIpc) is 3.59. The van der Waals surface area contributed by atoms with Crippen LogP contribution in [-0.2, 0) is 5.41 Å². The number of hydrogen-bond acceptors (Lipinski definition) is 2. The smallest absolute Gasteiger partial charge is 0.135 e. The van der Waals surface area contributed by atoms with Gasteiger partial charge in [-0.2, -0.15) is 0 Å². The zero-order chi connectivity index (χ0) is 34.7. The lowest BCUT2D eigenvalue weighted by Crippen LogP contribution is -2.43. The van der Waals surface area contributed by atoms with Crippen LogP contribution in [0.1, 0.15) is 22.3 Å². The van der Waals surface area contributed by atoms with Gasteiger partial charge in [0.25, 0.3) is 0 Å². The first-order chi connectivity index (χ1) is 26.3. The van der Waals surface area contributed by atoms with Gasteiger partial charge < -0.3 is 9.32 Å².